The first kappa shape index (κ1) is 9.97. The van der Waals surface area contributed by atoms with Crippen LogP contribution in [0.3, 0.4) is 0 Å². The number of nitro benzene ring substituents is 1. The van der Waals surface area contributed by atoms with Crippen LogP contribution in [0.2, 0.25) is 0 Å². The molecule has 1 aromatic rings. The van der Waals surface area contributed by atoms with E-state index in [9.17, 15) is 20.0 Å². The highest BCUT2D eigenvalue weighted by atomic mass is 16.6. The number of amides is 1. The van der Waals surface area contributed by atoms with Crippen molar-refractivity contribution in [3.63, 3.8) is 0 Å². The number of nitro groups is 1. The topological polar surface area (TPSA) is 106 Å². The van der Waals surface area contributed by atoms with Gasteiger partial charge in [-0.25, -0.2) is 0 Å². The Bertz CT molecular complexity index is 414. The number of rotatable bonds is 2. The van der Waals surface area contributed by atoms with Crippen molar-refractivity contribution in [2.75, 3.05) is 0 Å². The summed E-state index contributed by atoms with van der Waals surface area (Å²) in [4.78, 5) is 20.5. The lowest BCUT2D eigenvalue weighted by Gasteiger charge is -2.03. The molecule has 74 valence electrons. The molecule has 0 radical (unpaired) electrons. The van der Waals surface area contributed by atoms with E-state index in [-0.39, 0.29) is 22.6 Å². The summed E-state index contributed by atoms with van der Waals surface area (Å²) in [6, 6.07) is 2.12. The first-order valence-electron chi connectivity index (χ1n) is 3.71. The van der Waals surface area contributed by atoms with E-state index in [0.29, 0.717) is 0 Å². The molecular formula is C8H8N2O4. The summed E-state index contributed by atoms with van der Waals surface area (Å²) in [7, 11) is 0. The second-order valence-corrected chi connectivity index (χ2v) is 2.78. The summed E-state index contributed by atoms with van der Waals surface area (Å²) in [6.07, 6.45) is 0. The van der Waals surface area contributed by atoms with Crippen LogP contribution in [-0.2, 0) is 0 Å². The van der Waals surface area contributed by atoms with Gasteiger partial charge in [-0.2, -0.15) is 0 Å². The van der Waals surface area contributed by atoms with Crippen LogP contribution in [0, 0.1) is 17.0 Å². The second kappa shape index (κ2) is 3.33. The van der Waals surface area contributed by atoms with Gasteiger partial charge in [0.2, 0.25) is 0 Å². The van der Waals surface area contributed by atoms with Crippen molar-refractivity contribution in [3.8, 4) is 5.75 Å². The van der Waals surface area contributed by atoms with E-state index in [4.69, 9.17) is 5.73 Å². The minimum atomic E-state index is -0.894. The Morgan fingerprint density at radius 1 is 1.57 bits per heavy atom. The molecule has 3 N–H and O–H groups in total. The monoisotopic (exact) mass is 196 g/mol. The van der Waals surface area contributed by atoms with Crippen LogP contribution in [0.5, 0.6) is 5.75 Å². The lowest BCUT2D eigenvalue weighted by molar-refractivity contribution is -0.384. The van der Waals surface area contributed by atoms with Crippen LogP contribution in [-0.4, -0.2) is 15.9 Å². The lowest BCUT2D eigenvalue weighted by Crippen LogP contribution is -2.12. The Kier molecular flexibility index (Phi) is 2.37. The SMILES string of the molecule is Cc1cc([N+](=O)[O-])cc(C(N)=O)c1O. The van der Waals surface area contributed by atoms with E-state index >= 15 is 0 Å². The van der Waals surface area contributed by atoms with Crippen LogP contribution >= 0.6 is 0 Å². The van der Waals surface area contributed by atoms with Crippen molar-refractivity contribution in [2.24, 2.45) is 5.73 Å². The highest BCUT2D eigenvalue weighted by Gasteiger charge is 2.16. The number of benzene rings is 1. The van der Waals surface area contributed by atoms with E-state index in [1.807, 2.05) is 0 Å². The molecule has 14 heavy (non-hydrogen) atoms. The number of aryl methyl sites for hydroxylation is 1. The van der Waals surface area contributed by atoms with Gasteiger partial charge in [0.1, 0.15) is 5.75 Å². The summed E-state index contributed by atoms with van der Waals surface area (Å²) >= 11 is 0. The molecule has 0 saturated heterocycles. The molecule has 1 rings (SSSR count). The third kappa shape index (κ3) is 1.63. The third-order valence-corrected chi connectivity index (χ3v) is 1.76. The quantitative estimate of drug-likeness (QED) is 0.536. The predicted octanol–water partition coefficient (Wildman–Crippen LogP) is 0.708. The van der Waals surface area contributed by atoms with E-state index in [1.54, 1.807) is 0 Å². The number of hydrogen-bond acceptors (Lipinski definition) is 4. The molecule has 0 unspecified atom stereocenters. The van der Waals surface area contributed by atoms with E-state index in [0.717, 1.165) is 6.07 Å². The van der Waals surface area contributed by atoms with Crippen LogP contribution in [0.1, 0.15) is 15.9 Å². The van der Waals surface area contributed by atoms with Gasteiger partial charge in [0.25, 0.3) is 11.6 Å². The zero-order valence-corrected chi connectivity index (χ0v) is 7.35. The smallest absolute Gasteiger partial charge is 0.270 e. The maximum Gasteiger partial charge on any atom is 0.270 e. The first-order valence-corrected chi connectivity index (χ1v) is 3.71. The number of carbonyl (C=O) groups excluding carboxylic acids is 1. The number of nitrogens with zero attached hydrogens (tertiary/aromatic N) is 1. The van der Waals surface area contributed by atoms with Gasteiger partial charge < -0.3 is 10.8 Å². The molecule has 0 aliphatic carbocycles. The van der Waals surface area contributed by atoms with Gasteiger partial charge in [-0.3, -0.25) is 14.9 Å². The number of hydrogen-bond donors (Lipinski definition) is 2. The van der Waals surface area contributed by atoms with Crippen molar-refractivity contribution in [3.05, 3.63) is 33.4 Å². The van der Waals surface area contributed by atoms with Crippen molar-refractivity contribution < 1.29 is 14.8 Å². The highest BCUT2D eigenvalue weighted by Crippen LogP contribution is 2.26. The van der Waals surface area contributed by atoms with Crippen molar-refractivity contribution >= 4 is 11.6 Å². The van der Waals surface area contributed by atoms with Gasteiger partial charge in [-0.1, -0.05) is 0 Å². The molecule has 0 bridgehead atoms. The van der Waals surface area contributed by atoms with Gasteiger partial charge in [-0.15, -0.1) is 0 Å². The molecule has 0 heterocycles. The van der Waals surface area contributed by atoms with Crippen LogP contribution in [0.25, 0.3) is 0 Å². The van der Waals surface area contributed by atoms with Crippen molar-refractivity contribution in [1.29, 1.82) is 0 Å². The summed E-state index contributed by atoms with van der Waals surface area (Å²) < 4.78 is 0. The molecule has 0 spiro atoms. The molecule has 1 amide bonds. The molecule has 0 aromatic heterocycles. The number of primary amides is 1. The van der Waals surface area contributed by atoms with Gasteiger partial charge in [0.15, 0.2) is 0 Å². The largest absolute Gasteiger partial charge is 0.507 e. The summed E-state index contributed by atoms with van der Waals surface area (Å²) in [5.41, 5.74) is 4.67. The molecule has 6 heteroatoms. The van der Waals surface area contributed by atoms with Gasteiger partial charge in [-0.05, 0) is 12.5 Å². The standard InChI is InChI=1S/C8H8N2O4/c1-4-2-5(10(13)14)3-6(7(4)11)8(9)12/h2-3,11H,1H3,(H2,9,12). The number of phenols is 1. The van der Waals surface area contributed by atoms with Crippen LogP contribution in [0.4, 0.5) is 5.69 Å². The van der Waals surface area contributed by atoms with E-state index < -0.39 is 10.8 Å². The molecular weight excluding hydrogens is 188 g/mol. The maximum absolute atomic E-state index is 10.8. The van der Waals surface area contributed by atoms with Crippen LogP contribution < -0.4 is 5.73 Å². The summed E-state index contributed by atoms with van der Waals surface area (Å²) in [6.45, 7) is 1.45. The molecule has 1 aromatic carbocycles. The normalized spacial score (nSPS) is 9.79. The molecule has 0 aliphatic rings. The molecule has 0 atom stereocenters. The summed E-state index contributed by atoms with van der Waals surface area (Å²) in [5, 5.41) is 19.8. The average molecular weight is 196 g/mol. The Morgan fingerprint density at radius 3 is 2.57 bits per heavy atom. The average Bonchev–Trinajstić information content (AvgIpc) is 2.08. The lowest BCUT2D eigenvalue weighted by atomic mass is 10.1. The fourth-order valence-corrected chi connectivity index (χ4v) is 1.05. The predicted molar refractivity (Wildman–Crippen MR) is 48.0 cm³/mol. The Morgan fingerprint density at radius 2 is 2.14 bits per heavy atom. The molecule has 6 nitrogen and oxygen atoms in total. The third-order valence-electron chi connectivity index (χ3n) is 1.76. The molecule has 0 aliphatic heterocycles. The van der Waals surface area contributed by atoms with Gasteiger partial charge in [0, 0.05) is 12.1 Å². The maximum atomic E-state index is 10.8. The number of carbonyl (C=O) groups is 1. The van der Waals surface area contributed by atoms with Crippen molar-refractivity contribution in [2.45, 2.75) is 6.92 Å². The fraction of sp³-hybridized carbons (Fsp3) is 0.125. The minimum absolute atomic E-state index is 0.239. The number of aromatic hydroxyl groups is 1. The highest BCUT2D eigenvalue weighted by molar-refractivity contribution is 5.96. The summed E-state index contributed by atoms with van der Waals surface area (Å²) in [5.74, 6) is -1.21. The van der Waals surface area contributed by atoms with Crippen molar-refractivity contribution in [1.82, 2.24) is 0 Å². The van der Waals surface area contributed by atoms with E-state index in [1.165, 1.54) is 13.0 Å². The Balaban J connectivity index is 3.43. The Hall–Kier alpha value is -2.11. The fourth-order valence-electron chi connectivity index (χ4n) is 1.05. The number of non-ortho nitro benzene ring substituents is 1. The zero-order valence-electron chi connectivity index (χ0n) is 7.35. The molecule has 0 saturated carbocycles. The first-order chi connectivity index (χ1) is 6.43. The van der Waals surface area contributed by atoms with Gasteiger partial charge >= 0.3 is 0 Å². The van der Waals surface area contributed by atoms with Crippen LogP contribution in [0.15, 0.2) is 12.1 Å². The second-order valence-electron chi connectivity index (χ2n) is 2.78. The number of nitrogens with two attached hydrogens (primary N) is 1. The van der Waals surface area contributed by atoms with Gasteiger partial charge in [0.05, 0.1) is 10.5 Å². The Labute approximate surface area is 79.1 Å². The minimum Gasteiger partial charge on any atom is -0.507 e. The molecule has 0 fully saturated rings. The zero-order chi connectivity index (χ0) is 10.9. The van der Waals surface area contributed by atoms with E-state index in [2.05, 4.69) is 0 Å².